The van der Waals surface area contributed by atoms with Gasteiger partial charge >= 0.3 is 5.97 Å². The highest BCUT2D eigenvalue weighted by Crippen LogP contribution is 2.23. The molecule has 0 aliphatic carbocycles. The molecule has 5 heteroatoms. The van der Waals surface area contributed by atoms with Crippen LogP contribution < -0.4 is 0 Å². The lowest BCUT2D eigenvalue weighted by Gasteiger charge is -2.06. The molecule has 2 rings (SSSR count). The van der Waals surface area contributed by atoms with Gasteiger partial charge < -0.3 is 4.74 Å². The molecule has 0 unspecified atom stereocenters. The third-order valence-electron chi connectivity index (χ3n) is 2.45. The summed E-state index contributed by atoms with van der Waals surface area (Å²) in [6.45, 7) is 1.93. The summed E-state index contributed by atoms with van der Waals surface area (Å²) in [7, 11) is 1.34. The Kier molecular flexibility index (Phi) is 3.24. The molecule has 4 nitrogen and oxygen atoms in total. The first-order valence-electron chi connectivity index (χ1n) is 5.20. The number of hydrogen-bond acceptors (Lipinski definition) is 4. The van der Waals surface area contributed by atoms with Gasteiger partial charge in [-0.2, -0.15) is 0 Å². The monoisotopic (exact) mass is 250 g/mol. The molecule has 0 radical (unpaired) electrons. The number of ether oxygens (including phenoxy) is 1. The van der Waals surface area contributed by atoms with Crippen LogP contribution >= 0.6 is 11.6 Å². The fraction of sp³-hybridized carbons (Fsp3) is 0.250. The zero-order valence-corrected chi connectivity index (χ0v) is 10.3. The minimum Gasteiger partial charge on any atom is -0.465 e. The van der Waals surface area contributed by atoms with Crippen molar-refractivity contribution >= 4 is 28.5 Å². The highest BCUT2D eigenvalue weighted by atomic mass is 35.5. The van der Waals surface area contributed by atoms with Crippen LogP contribution in [0.5, 0.6) is 0 Å². The summed E-state index contributed by atoms with van der Waals surface area (Å²) in [6, 6.07) is 5.18. The van der Waals surface area contributed by atoms with E-state index < -0.39 is 5.97 Å². The van der Waals surface area contributed by atoms with Crippen molar-refractivity contribution in [2.45, 2.75) is 13.3 Å². The van der Waals surface area contributed by atoms with Gasteiger partial charge in [-0.1, -0.05) is 24.6 Å². The molecule has 0 bridgehead atoms. The zero-order chi connectivity index (χ0) is 12.4. The molecule has 1 aromatic carbocycles. The van der Waals surface area contributed by atoms with E-state index in [1.54, 1.807) is 18.2 Å². The normalized spacial score (nSPS) is 10.5. The number of carbonyl (C=O) groups is 1. The summed E-state index contributed by atoms with van der Waals surface area (Å²) in [5.41, 5.74) is 0.945. The number of carbonyl (C=O) groups excluding carboxylic acids is 1. The molecule has 0 saturated heterocycles. The first kappa shape index (κ1) is 11.8. The Morgan fingerprint density at radius 2 is 2.18 bits per heavy atom. The highest BCUT2D eigenvalue weighted by Gasteiger charge is 2.14. The van der Waals surface area contributed by atoms with E-state index in [9.17, 15) is 4.79 Å². The molecule has 1 heterocycles. The smallest absolute Gasteiger partial charge is 0.340 e. The van der Waals surface area contributed by atoms with Crippen molar-refractivity contribution in [3.8, 4) is 0 Å². The number of esters is 1. The molecule has 88 valence electrons. The van der Waals surface area contributed by atoms with Gasteiger partial charge in [0.2, 0.25) is 0 Å². The topological polar surface area (TPSA) is 52.1 Å². The highest BCUT2D eigenvalue weighted by molar-refractivity contribution is 6.34. The molecule has 0 aliphatic rings. The van der Waals surface area contributed by atoms with Crippen molar-refractivity contribution in [3.05, 3.63) is 34.7 Å². The molecular weight excluding hydrogens is 240 g/mol. The van der Waals surface area contributed by atoms with Gasteiger partial charge in [0.25, 0.3) is 0 Å². The second-order valence-corrected chi connectivity index (χ2v) is 3.84. The van der Waals surface area contributed by atoms with E-state index in [2.05, 4.69) is 9.97 Å². The van der Waals surface area contributed by atoms with Gasteiger partial charge in [-0.3, -0.25) is 0 Å². The maximum atomic E-state index is 11.6. The van der Waals surface area contributed by atoms with Crippen molar-refractivity contribution in [1.29, 1.82) is 0 Å². The molecule has 0 saturated carbocycles. The molecule has 0 spiro atoms. The van der Waals surface area contributed by atoms with Crippen molar-refractivity contribution in [2.24, 2.45) is 0 Å². The number of fused-ring (bicyclic) bond motifs is 1. The average Bonchev–Trinajstić information content (AvgIpc) is 2.37. The van der Waals surface area contributed by atoms with E-state index in [0.717, 1.165) is 0 Å². The summed E-state index contributed by atoms with van der Waals surface area (Å²) in [5, 5.41) is 1.02. The number of nitrogens with zero attached hydrogens (tertiary/aromatic N) is 2. The molecule has 0 aliphatic heterocycles. The fourth-order valence-corrected chi connectivity index (χ4v) is 1.84. The predicted octanol–water partition coefficient (Wildman–Crippen LogP) is 2.63. The largest absolute Gasteiger partial charge is 0.465 e. The van der Waals surface area contributed by atoms with E-state index in [-0.39, 0.29) is 0 Å². The summed E-state index contributed by atoms with van der Waals surface area (Å²) in [5.74, 6) is 0.186. The second kappa shape index (κ2) is 4.67. The van der Waals surface area contributed by atoms with Crippen LogP contribution in [0.2, 0.25) is 5.15 Å². The minimum atomic E-state index is -0.424. The first-order chi connectivity index (χ1) is 8.17. The van der Waals surface area contributed by atoms with Crippen molar-refractivity contribution in [3.63, 3.8) is 0 Å². The van der Waals surface area contributed by atoms with Crippen LogP contribution in [-0.2, 0) is 11.2 Å². The van der Waals surface area contributed by atoms with Crippen LogP contribution in [-0.4, -0.2) is 23.0 Å². The van der Waals surface area contributed by atoms with Crippen molar-refractivity contribution in [2.75, 3.05) is 7.11 Å². The van der Waals surface area contributed by atoms with Crippen LogP contribution in [0.3, 0.4) is 0 Å². The van der Waals surface area contributed by atoms with Crippen LogP contribution in [0.1, 0.15) is 23.1 Å². The zero-order valence-electron chi connectivity index (χ0n) is 9.53. The van der Waals surface area contributed by atoms with Gasteiger partial charge in [0, 0.05) is 11.8 Å². The van der Waals surface area contributed by atoms with E-state index in [0.29, 0.717) is 33.9 Å². The quantitative estimate of drug-likeness (QED) is 0.607. The Balaban J connectivity index is 2.77. The Morgan fingerprint density at radius 1 is 1.41 bits per heavy atom. The van der Waals surface area contributed by atoms with Crippen LogP contribution in [0.15, 0.2) is 18.2 Å². The van der Waals surface area contributed by atoms with Gasteiger partial charge in [0.05, 0.1) is 18.2 Å². The van der Waals surface area contributed by atoms with Crippen LogP contribution in [0, 0.1) is 0 Å². The second-order valence-electron chi connectivity index (χ2n) is 3.48. The molecule has 0 fully saturated rings. The van der Waals surface area contributed by atoms with Crippen molar-refractivity contribution in [1.82, 2.24) is 9.97 Å². The lowest BCUT2D eigenvalue weighted by Crippen LogP contribution is -2.05. The molecule has 1 aromatic heterocycles. The van der Waals surface area contributed by atoms with Crippen LogP contribution in [0.4, 0.5) is 0 Å². The number of methoxy groups -OCH3 is 1. The first-order valence-corrected chi connectivity index (χ1v) is 5.58. The number of aromatic nitrogens is 2. The molecule has 0 atom stereocenters. The molecule has 2 aromatic rings. The fourth-order valence-electron chi connectivity index (χ4n) is 1.59. The maximum absolute atomic E-state index is 11.6. The summed E-state index contributed by atoms with van der Waals surface area (Å²) in [4.78, 5) is 20.1. The Labute approximate surface area is 104 Å². The molecule has 0 amide bonds. The number of para-hydroxylation sites is 1. The standard InChI is InChI=1S/C12H11ClN2O2/c1-3-9-14-10-7(11(13)15-9)5-4-6-8(10)12(16)17-2/h4-6H,3H2,1-2H3. The number of hydrogen-bond donors (Lipinski definition) is 0. The van der Waals surface area contributed by atoms with E-state index in [1.165, 1.54) is 7.11 Å². The van der Waals surface area contributed by atoms with E-state index in [4.69, 9.17) is 16.3 Å². The van der Waals surface area contributed by atoms with Gasteiger partial charge in [-0.05, 0) is 12.1 Å². The minimum absolute atomic E-state index is 0.359. The average molecular weight is 251 g/mol. The lowest BCUT2D eigenvalue weighted by atomic mass is 10.1. The summed E-state index contributed by atoms with van der Waals surface area (Å²) in [6.07, 6.45) is 0.658. The number of rotatable bonds is 2. The number of halogens is 1. The van der Waals surface area contributed by atoms with Crippen molar-refractivity contribution < 1.29 is 9.53 Å². The Bertz CT molecular complexity index is 584. The lowest BCUT2D eigenvalue weighted by molar-refractivity contribution is 0.0603. The molecule has 0 N–H and O–H groups in total. The summed E-state index contributed by atoms with van der Waals surface area (Å²) >= 11 is 6.06. The summed E-state index contributed by atoms with van der Waals surface area (Å²) < 4.78 is 4.72. The number of aryl methyl sites for hydroxylation is 1. The van der Waals surface area contributed by atoms with Gasteiger partial charge in [-0.25, -0.2) is 14.8 Å². The Hall–Kier alpha value is -1.68. The molecule has 17 heavy (non-hydrogen) atoms. The van der Waals surface area contributed by atoms with Gasteiger partial charge in [0.1, 0.15) is 11.0 Å². The Morgan fingerprint density at radius 3 is 2.82 bits per heavy atom. The SMILES string of the molecule is CCc1nc(Cl)c2cccc(C(=O)OC)c2n1. The van der Waals surface area contributed by atoms with Gasteiger partial charge in [0.15, 0.2) is 0 Å². The third kappa shape index (κ3) is 2.08. The maximum Gasteiger partial charge on any atom is 0.340 e. The number of benzene rings is 1. The van der Waals surface area contributed by atoms with Crippen LogP contribution in [0.25, 0.3) is 10.9 Å². The van der Waals surface area contributed by atoms with Gasteiger partial charge in [-0.15, -0.1) is 0 Å². The van der Waals surface area contributed by atoms with E-state index >= 15 is 0 Å². The van der Waals surface area contributed by atoms with E-state index in [1.807, 2.05) is 6.92 Å². The predicted molar refractivity (Wildman–Crippen MR) is 65.3 cm³/mol. The molecular formula is C12H11ClN2O2. The third-order valence-corrected chi connectivity index (χ3v) is 2.74.